The fourth-order valence-electron chi connectivity index (χ4n) is 3.02. The number of hydrogen-bond acceptors (Lipinski definition) is 7. The van der Waals surface area contributed by atoms with Gasteiger partial charge in [-0.1, -0.05) is 25.1 Å². The first-order chi connectivity index (χ1) is 14.2. The molecule has 0 aliphatic carbocycles. The van der Waals surface area contributed by atoms with E-state index in [1.54, 1.807) is 31.4 Å². The van der Waals surface area contributed by atoms with Crippen LogP contribution in [0.15, 0.2) is 55.0 Å². The minimum absolute atomic E-state index is 0.276. The second kappa shape index (κ2) is 10.7. The topological polar surface area (TPSA) is 72.0 Å². The summed E-state index contributed by atoms with van der Waals surface area (Å²) in [6.45, 7) is 3.80. The molecule has 0 spiro atoms. The number of para-hydroxylation sites is 1. The monoisotopic (exact) mass is 409 g/mol. The standard InChI is InChI=1S/C22H27N5OS/c1-16(18-6-4-5-7-20(18)28-2)14-25-22-13-19(26-15-27-22)17-8-9-23-21(12-17)24-10-11-29-3/h4-9,12-13,15-16H,10-11,14H2,1-3H3,(H,23,24)(H,25,26,27)/t16-/m1/s1. The number of rotatable bonds is 10. The zero-order valence-corrected chi connectivity index (χ0v) is 17.9. The first-order valence-electron chi connectivity index (χ1n) is 9.59. The first kappa shape index (κ1) is 20.9. The van der Waals surface area contributed by atoms with Gasteiger partial charge in [-0.2, -0.15) is 11.8 Å². The molecule has 2 N–H and O–H groups in total. The van der Waals surface area contributed by atoms with E-state index >= 15 is 0 Å². The van der Waals surface area contributed by atoms with Crippen molar-refractivity contribution in [2.24, 2.45) is 0 Å². The molecule has 6 nitrogen and oxygen atoms in total. The van der Waals surface area contributed by atoms with Crippen LogP contribution in [0.1, 0.15) is 18.4 Å². The summed E-state index contributed by atoms with van der Waals surface area (Å²) in [5, 5.41) is 6.76. The van der Waals surface area contributed by atoms with Crippen LogP contribution in [-0.2, 0) is 0 Å². The summed E-state index contributed by atoms with van der Waals surface area (Å²) in [6, 6.07) is 14.1. The Morgan fingerprint density at radius 3 is 2.69 bits per heavy atom. The molecule has 0 saturated heterocycles. The molecular formula is C22H27N5OS. The molecule has 0 amide bonds. The van der Waals surface area contributed by atoms with Crippen LogP contribution in [0.5, 0.6) is 5.75 Å². The predicted octanol–water partition coefficient (Wildman–Crippen LogP) is 4.54. The molecule has 1 atom stereocenters. The van der Waals surface area contributed by atoms with Crippen LogP contribution < -0.4 is 15.4 Å². The molecule has 2 heterocycles. The van der Waals surface area contributed by atoms with Gasteiger partial charge in [-0.3, -0.25) is 0 Å². The van der Waals surface area contributed by atoms with Crippen molar-refractivity contribution in [3.8, 4) is 17.0 Å². The molecule has 29 heavy (non-hydrogen) atoms. The molecule has 0 saturated carbocycles. The van der Waals surface area contributed by atoms with Crippen LogP contribution in [0.4, 0.5) is 11.6 Å². The van der Waals surface area contributed by atoms with Crippen molar-refractivity contribution < 1.29 is 4.74 Å². The summed E-state index contributed by atoms with van der Waals surface area (Å²) in [4.78, 5) is 13.2. The summed E-state index contributed by atoms with van der Waals surface area (Å²) < 4.78 is 5.48. The van der Waals surface area contributed by atoms with E-state index in [0.29, 0.717) is 0 Å². The van der Waals surface area contributed by atoms with Crippen molar-refractivity contribution in [2.75, 3.05) is 42.8 Å². The Kier molecular flexibility index (Phi) is 7.69. The maximum Gasteiger partial charge on any atom is 0.129 e. The van der Waals surface area contributed by atoms with E-state index in [4.69, 9.17) is 4.74 Å². The van der Waals surface area contributed by atoms with Crippen LogP contribution in [0.25, 0.3) is 11.3 Å². The smallest absolute Gasteiger partial charge is 0.129 e. The second-order valence-corrected chi connectivity index (χ2v) is 7.65. The highest BCUT2D eigenvalue weighted by molar-refractivity contribution is 7.98. The lowest BCUT2D eigenvalue weighted by Crippen LogP contribution is -2.12. The number of pyridine rings is 1. The van der Waals surface area contributed by atoms with Gasteiger partial charge in [0.15, 0.2) is 0 Å². The third-order valence-corrected chi connectivity index (χ3v) is 5.21. The summed E-state index contributed by atoms with van der Waals surface area (Å²) in [5.41, 5.74) is 3.05. The Bertz CT molecular complexity index is 921. The number of aromatic nitrogens is 3. The fourth-order valence-corrected chi connectivity index (χ4v) is 3.33. The van der Waals surface area contributed by atoms with E-state index < -0.39 is 0 Å². The maximum absolute atomic E-state index is 5.48. The van der Waals surface area contributed by atoms with Crippen molar-refractivity contribution in [2.45, 2.75) is 12.8 Å². The zero-order valence-electron chi connectivity index (χ0n) is 17.1. The van der Waals surface area contributed by atoms with Gasteiger partial charge in [0.2, 0.25) is 0 Å². The minimum atomic E-state index is 0.276. The number of benzene rings is 1. The lowest BCUT2D eigenvalue weighted by atomic mass is 10.00. The van der Waals surface area contributed by atoms with E-state index in [0.717, 1.165) is 47.5 Å². The number of anilines is 2. The first-order valence-corrected chi connectivity index (χ1v) is 11.0. The van der Waals surface area contributed by atoms with E-state index in [-0.39, 0.29) is 5.92 Å². The Morgan fingerprint density at radius 2 is 1.86 bits per heavy atom. The molecule has 2 aromatic heterocycles. The van der Waals surface area contributed by atoms with Gasteiger partial charge in [0, 0.05) is 42.6 Å². The van der Waals surface area contributed by atoms with Gasteiger partial charge in [0.05, 0.1) is 12.8 Å². The SMILES string of the molecule is COc1ccccc1[C@H](C)CNc1cc(-c2ccnc(NCCSC)c2)ncn1. The minimum Gasteiger partial charge on any atom is -0.496 e. The third-order valence-electron chi connectivity index (χ3n) is 4.59. The van der Waals surface area contributed by atoms with E-state index in [2.05, 4.69) is 44.8 Å². The van der Waals surface area contributed by atoms with Crippen LogP contribution in [0, 0.1) is 0 Å². The number of thioether (sulfide) groups is 1. The number of nitrogens with zero attached hydrogens (tertiary/aromatic N) is 3. The highest BCUT2D eigenvalue weighted by Gasteiger charge is 2.11. The van der Waals surface area contributed by atoms with Gasteiger partial charge < -0.3 is 15.4 Å². The lowest BCUT2D eigenvalue weighted by Gasteiger charge is -2.16. The maximum atomic E-state index is 5.48. The zero-order chi connectivity index (χ0) is 20.5. The quantitative estimate of drug-likeness (QED) is 0.476. The van der Waals surface area contributed by atoms with Gasteiger partial charge in [-0.25, -0.2) is 15.0 Å². The van der Waals surface area contributed by atoms with Crippen LogP contribution >= 0.6 is 11.8 Å². The Balaban J connectivity index is 1.67. The van der Waals surface area contributed by atoms with Crippen molar-refractivity contribution in [3.05, 3.63) is 60.6 Å². The van der Waals surface area contributed by atoms with Crippen LogP contribution in [-0.4, -0.2) is 47.2 Å². The molecular weight excluding hydrogens is 382 g/mol. The molecule has 0 radical (unpaired) electrons. The van der Waals surface area contributed by atoms with E-state index in [1.165, 1.54) is 5.56 Å². The largest absolute Gasteiger partial charge is 0.496 e. The average molecular weight is 410 g/mol. The van der Waals surface area contributed by atoms with Crippen molar-refractivity contribution >= 4 is 23.4 Å². The lowest BCUT2D eigenvalue weighted by molar-refractivity contribution is 0.407. The van der Waals surface area contributed by atoms with Crippen LogP contribution in [0.3, 0.4) is 0 Å². The molecule has 0 bridgehead atoms. The molecule has 152 valence electrons. The van der Waals surface area contributed by atoms with Gasteiger partial charge in [0.25, 0.3) is 0 Å². The Labute approximate surface area is 176 Å². The van der Waals surface area contributed by atoms with Crippen molar-refractivity contribution in [3.63, 3.8) is 0 Å². The van der Waals surface area contributed by atoms with Gasteiger partial charge in [-0.05, 0) is 30.0 Å². The summed E-state index contributed by atoms with van der Waals surface area (Å²) in [7, 11) is 1.70. The fraction of sp³-hybridized carbons (Fsp3) is 0.318. The molecule has 3 rings (SSSR count). The molecule has 0 aliphatic rings. The predicted molar refractivity (Wildman–Crippen MR) is 122 cm³/mol. The average Bonchev–Trinajstić information content (AvgIpc) is 2.78. The summed E-state index contributed by atoms with van der Waals surface area (Å²) >= 11 is 1.80. The van der Waals surface area contributed by atoms with Gasteiger partial charge in [-0.15, -0.1) is 0 Å². The number of methoxy groups -OCH3 is 1. The Hall–Kier alpha value is -2.80. The van der Waals surface area contributed by atoms with E-state index in [9.17, 15) is 0 Å². The number of nitrogens with one attached hydrogen (secondary N) is 2. The summed E-state index contributed by atoms with van der Waals surface area (Å²) in [6.07, 6.45) is 5.48. The number of ether oxygens (including phenoxy) is 1. The summed E-state index contributed by atoms with van der Waals surface area (Å²) in [5.74, 6) is 3.87. The normalized spacial score (nSPS) is 11.7. The highest BCUT2D eigenvalue weighted by Crippen LogP contribution is 2.27. The van der Waals surface area contributed by atoms with Crippen molar-refractivity contribution in [1.29, 1.82) is 0 Å². The highest BCUT2D eigenvalue weighted by atomic mass is 32.2. The van der Waals surface area contributed by atoms with Gasteiger partial charge in [0.1, 0.15) is 23.7 Å². The molecule has 1 aromatic carbocycles. The molecule has 0 unspecified atom stereocenters. The molecule has 3 aromatic rings. The van der Waals surface area contributed by atoms with Crippen molar-refractivity contribution in [1.82, 2.24) is 15.0 Å². The van der Waals surface area contributed by atoms with E-state index in [1.807, 2.05) is 36.4 Å². The Morgan fingerprint density at radius 1 is 1.03 bits per heavy atom. The van der Waals surface area contributed by atoms with Crippen LogP contribution in [0.2, 0.25) is 0 Å². The second-order valence-electron chi connectivity index (χ2n) is 6.66. The molecule has 0 fully saturated rings. The third kappa shape index (κ3) is 5.84. The number of hydrogen-bond donors (Lipinski definition) is 2. The molecule has 0 aliphatic heterocycles. The molecule has 7 heteroatoms. The van der Waals surface area contributed by atoms with Gasteiger partial charge >= 0.3 is 0 Å².